The van der Waals surface area contributed by atoms with Crippen molar-refractivity contribution in [1.29, 1.82) is 0 Å². The highest BCUT2D eigenvalue weighted by atomic mass is 16.1. The van der Waals surface area contributed by atoms with Gasteiger partial charge in [-0.1, -0.05) is 18.6 Å². The maximum Gasteiger partial charge on any atom is 0.224 e. The topological polar surface area (TPSA) is 58.4 Å². The minimum absolute atomic E-state index is 0.0850. The van der Waals surface area contributed by atoms with Crippen LogP contribution >= 0.6 is 0 Å². The first-order chi connectivity index (χ1) is 9.24. The molecule has 0 atom stereocenters. The van der Waals surface area contributed by atoms with E-state index in [2.05, 4.69) is 10.2 Å². The molecule has 1 aliphatic rings. The molecule has 4 heteroatoms. The second-order valence-corrected chi connectivity index (χ2v) is 5.17. The third-order valence-corrected chi connectivity index (χ3v) is 3.54. The summed E-state index contributed by atoms with van der Waals surface area (Å²) in [5.41, 5.74) is 7.35. The molecule has 1 aromatic carbocycles. The molecular formula is C15H23N3O. The molecule has 1 amide bonds. The van der Waals surface area contributed by atoms with Crippen molar-refractivity contribution in [2.45, 2.75) is 25.7 Å². The van der Waals surface area contributed by atoms with Gasteiger partial charge in [0.25, 0.3) is 0 Å². The lowest BCUT2D eigenvalue weighted by Crippen LogP contribution is -2.38. The molecule has 0 bridgehead atoms. The molecule has 4 nitrogen and oxygen atoms in total. The van der Waals surface area contributed by atoms with Gasteiger partial charge in [-0.15, -0.1) is 0 Å². The lowest BCUT2D eigenvalue weighted by atomic mass is 10.1. The number of carbonyl (C=O) groups is 1. The van der Waals surface area contributed by atoms with E-state index in [1.807, 2.05) is 24.3 Å². The van der Waals surface area contributed by atoms with Gasteiger partial charge in [-0.2, -0.15) is 0 Å². The van der Waals surface area contributed by atoms with Gasteiger partial charge in [-0.25, -0.2) is 0 Å². The zero-order chi connectivity index (χ0) is 13.5. The molecule has 0 saturated carbocycles. The smallest absolute Gasteiger partial charge is 0.224 e. The molecule has 1 aromatic rings. The number of likely N-dealkylation sites (tertiary alicyclic amines) is 1. The normalized spacial score (nSPS) is 16.2. The molecule has 1 heterocycles. The third-order valence-electron chi connectivity index (χ3n) is 3.54. The number of rotatable bonds is 5. The Morgan fingerprint density at radius 3 is 2.53 bits per heavy atom. The molecular weight excluding hydrogens is 238 g/mol. The molecule has 1 saturated heterocycles. The first kappa shape index (κ1) is 13.9. The predicted molar refractivity (Wildman–Crippen MR) is 77.9 cm³/mol. The van der Waals surface area contributed by atoms with E-state index in [4.69, 9.17) is 5.73 Å². The van der Waals surface area contributed by atoms with Gasteiger partial charge in [0.2, 0.25) is 5.91 Å². The van der Waals surface area contributed by atoms with Gasteiger partial charge in [0, 0.05) is 18.8 Å². The van der Waals surface area contributed by atoms with Crippen LogP contribution in [0.2, 0.25) is 0 Å². The van der Waals surface area contributed by atoms with Crippen LogP contribution in [0, 0.1) is 0 Å². The van der Waals surface area contributed by atoms with Crippen molar-refractivity contribution in [1.82, 2.24) is 10.2 Å². The van der Waals surface area contributed by atoms with Gasteiger partial charge in [0.05, 0.1) is 6.42 Å². The molecule has 2 rings (SSSR count). The lowest BCUT2D eigenvalue weighted by Gasteiger charge is -2.26. The summed E-state index contributed by atoms with van der Waals surface area (Å²) in [6.45, 7) is 4.06. The van der Waals surface area contributed by atoms with Crippen molar-refractivity contribution in [2.75, 3.05) is 31.9 Å². The number of benzene rings is 1. The molecule has 1 aliphatic heterocycles. The van der Waals surface area contributed by atoms with E-state index in [0.29, 0.717) is 6.42 Å². The number of carbonyl (C=O) groups excluding carboxylic acids is 1. The van der Waals surface area contributed by atoms with Crippen molar-refractivity contribution in [3.05, 3.63) is 29.8 Å². The monoisotopic (exact) mass is 261 g/mol. The lowest BCUT2D eigenvalue weighted by molar-refractivity contribution is -0.120. The molecule has 19 heavy (non-hydrogen) atoms. The van der Waals surface area contributed by atoms with Crippen molar-refractivity contribution in [3.63, 3.8) is 0 Å². The minimum Gasteiger partial charge on any atom is -0.399 e. The molecule has 0 radical (unpaired) electrons. The Balaban J connectivity index is 1.65. The highest BCUT2D eigenvalue weighted by molar-refractivity contribution is 5.78. The Bertz CT molecular complexity index is 396. The molecule has 1 fully saturated rings. The summed E-state index contributed by atoms with van der Waals surface area (Å²) >= 11 is 0. The zero-order valence-electron chi connectivity index (χ0n) is 11.4. The van der Waals surface area contributed by atoms with Crippen molar-refractivity contribution in [2.24, 2.45) is 0 Å². The van der Waals surface area contributed by atoms with Crippen LogP contribution in [0.25, 0.3) is 0 Å². The quantitative estimate of drug-likeness (QED) is 0.788. The maximum atomic E-state index is 11.8. The largest absolute Gasteiger partial charge is 0.399 e. The van der Waals surface area contributed by atoms with Crippen molar-refractivity contribution in [3.8, 4) is 0 Å². The summed E-state index contributed by atoms with van der Waals surface area (Å²) in [6.07, 6.45) is 4.36. The number of hydrogen-bond acceptors (Lipinski definition) is 3. The number of nitrogens with two attached hydrogens (primary N) is 1. The SMILES string of the molecule is Nc1ccc(CC(=O)NCCN2CCCCC2)cc1. The summed E-state index contributed by atoms with van der Waals surface area (Å²) in [5, 5.41) is 2.98. The van der Waals surface area contributed by atoms with Crippen LogP contribution in [0.4, 0.5) is 5.69 Å². The van der Waals surface area contributed by atoms with Gasteiger partial charge in [-0.3, -0.25) is 4.79 Å². The van der Waals surface area contributed by atoms with Crippen LogP contribution < -0.4 is 11.1 Å². The summed E-state index contributed by atoms with van der Waals surface area (Å²) in [5.74, 6) is 0.0850. The first-order valence-electron chi connectivity index (χ1n) is 7.07. The number of piperidine rings is 1. The van der Waals surface area contributed by atoms with Gasteiger partial charge >= 0.3 is 0 Å². The van der Waals surface area contributed by atoms with Crippen LogP contribution in [-0.4, -0.2) is 37.0 Å². The summed E-state index contributed by atoms with van der Waals surface area (Å²) < 4.78 is 0. The predicted octanol–water partition coefficient (Wildman–Crippen LogP) is 1.41. The number of hydrogen-bond donors (Lipinski definition) is 2. The van der Waals surface area contributed by atoms with Gasteiger partial charge < -0.3 is 16.0 Å². The van der Waals surface area contributed by atoms with Crippen LogP contribution in [0.1, 0.15) is 24.8 Å². The first-order valence-corrected chi connectivity index (χ1v) is 7.07. The van der Waals surface area contributed by atoms with E-state index in [9.17, 15) is 4.79 Å². The van der Waals surface area contributed by atoms with Gasteiger partial charge in [0.1, 0.15) is 0 Å². The minimum atomic E-state index is 0.0850. The van der Waals surface area contributed by atoms with E-state index in [1.165, 1.54) is 32.4 Å². The van der Waals surface area contributed by atoms with Gasteiger partial charge in [-0.05, 0) is 43.6 Å². The fraction of sp³-hybridized carbons (Fsp3) is 0.533. The summed E-state index contributed by atoms with van der Waals surface area (Å²) in [7, 11) is 0. The molecule has 0 aliphatic carbocycles. The number of nitrogen functional groups attached to an aromatic ring is 1. The number of nitrogens with zero attached hydrogens (tertiary/aromatic N) is 1. The molecule has 3 N–H and O–H groups in total. The van der Waals surface area contributed by atoms with E-state index >= 15 is 0 Å². The van der Waals surface area contributed by atoms with E-state index in [0.717, 1.165) is 24.3 Å². The average molecular weight is 261 g/mol. The third kappa shape index (κ3) is 4.91. The van der Waals surface area contributed by atoms with Crippen LogP contribution in [0.3, 0.4) is 0 Å². The molecule has 0 unspecified atom stereocenters. The Hall–Kier alpha value is -1.55. The standard InChI is InChI=1S/C15H23N3O/c16-14-6-4-13(5-7-14)12-15(19)17-8-11-18-9-2-1-3-10-18/h4-7H,1-3,8-12,16H2,(H,17,19). The van der Waals surface area contributed by atoms with Crippen molar-refractivity contribution < 1.29 is 4.79 Å². The fourth-order valence-corrected chi connectivity index (χ4v) is 2.42. The molecule has 104 valence electrons. The number of amides is 1. The average Bonchev–Trinajstić information content (AvgIpc) is 2.43. The van der Waals surface area contributed by atoms with Crippen molar-refractivity contribution >= 4 is 11.6 Å². The molecule has 0 aromatic heterocycles. The second kappa shape index (κ2) is 7.14. The fourth-order valence-electron chi connectivity index (χ4n) is 2.42. The summed E-state index contributed by atoms with van der Waals surface area (Å²) in [4.78, 5) is 14.2. The Kier molecular flexibility index (Phi) is 5.21. The number of nitrogens with one attached hydrogen (secondary N) is 1. The molecule has 0 spiro atoms. The highest BCUT2D eigenvalue weighted by Crippen LogP contribution is 2.08. The Morgan fingerprint density at radius 1 is 1.16 bits per heavy atom. The Labute approximate surface area is 115 Å². The second-order valence-electron chi connectivity index (χ2n) is 5.17. The summed E-state index contributed by atoms with van der Waals surface area (Å²) in [6, 6.07) is 7.46. The van der Waals surface area contributed by atoms with Crippen LogP contribution in [0.5, 0.6) is 0 Å². The van der Waals surface area contributed by atoms with E-state index in [1.54, 1.807) is 0 Å². The van der Waals surface area contributed by atoms with Crippen LogP contribution in [0.15, 0.2) is 24.3 Å². The number of anilines is 1. The van der Waals surface area contributed by atoms with E-state index < -0.39 is 0 Å². The zero-order valence-corrected chi connectivity index (χ0v) is 11.4. The Morgan fingerprint density at radius 2 is 1.84 bits per heavy atom. The highest BCUT2D eigenvalue weighted by Gasteiger charge is 2.10. The maximum absolute atomic E-state index is 11.8. The van der Waals surface area contributed by atoms with Gasteiger partial charge in [0.15, 0.2) is 0 Å². The van der Waals surface area contributed by atoms with Crippen LogP contribution in [-0.2, 0) is 11.2 Å². The van der Waals surface area contributed by atoms with E-state index in [-0.39, 0.29) is 5.91 Å².